The number of anilines is 1. The van der Waals surface area contributed by atoms with E-state index in [1.807, 2.05) is 22.8 Å². The van der Waals surface area contributed by atoms with Gasteiger partial charge in [0.1, 0.15) is 6.33 Å². The average molecular weight is 321 g/mol. The number of fused-ring (bicyclic) bond motifs is 1. The summed E-state index contributed by atoms with van der Waals surface area (Å²) in [7, 11) is 0. The van der Waals surface area contributed by atoms with Crippen LogP contribution in [0.4, 0.5) is 5.82 Å². The molecular formula is C16H15N7O. The van der Waals surface area contributed by atoms with Gasteiger partial charge < -0.3 is 14.8 Å². The van der Waals surface area contributed by atoms with Gasteiger partial charge in [0.2, 0.25) is 5.91 Å². The number of nitrogens with one attached hydrogen (secondary N) is 2. The molecule has 0 saturated carbocycles. The number of aromatic nitrogens is 4. The summed E-state index contributed by atoms with van der Waals surface area (Å²) in [6.45, 7) is 1.11. The lowest BCUT2D eigenvalue weighted by Crippen LogP contribution is -2.25. The molecule has 3 heterocycles. The third-order valence-electron chi connectivity index (χ3n) is 4.26. The Morgan fingerprint density at radius 3 is 3.21 bits per heavy atom. The van der Waals surface area contributed by atoms with Crippen LogP contribution in [0.3, 0.4) is 0 Å². The molecule has 1 aromatic carbocycles. The van der Waals surface area contributed by atoms with E-state index in [-0.39, 0.29) is 11.8 Å². The highest BCUT2D eigenvalue weighted by Gasteiger charge is 2.28. The van der Waals surface area contributed by atoms with E-state index in [9.17, 15) is 4.79 Å². The van der Waals surface area contributed by atoms with Crippen molar-refractivity contribution in [2.45, 2.75) is 6.42 Å². The van der Waals surface area contributed by atoms with Crippen molar-refractivity contribution in [3.63, 3.8) is 0 Å². The number of carbonyl (C=O) groups is 1. The summed E-state index contributed by atoms with van der Waals surface area (Å²) in [5.41, 5.74) is 1.91. The molecule has 1 aliphatic heterocycles. The monoisotopic (exact) mass is 321 g/mol. The third-order valence-corrected chi connectivity index (χ3v) is 4.26. The number of likely N-dealkylation sites (tertiary alicyclic amines) is 1. The number of rotatable bonds is 3. The molecule has 3 aromatic rings. The second-order valence-corrected chi connectivity index (χ2v) is 5.83. The van der Waals surface area contributed by atoms with Gasteiger partial charge >= 0.3 is 0 Å². The van der Waals surface area contributed by atoms with Crippen LogP contribution in [-0.4, -0.2) is 43.6 Å². The molecule has 1 fully saturated rings. The van der Waals surface area contributed by atoms with E-state index >= 15 is 0 Å². The van der Waals surface area contributed by atoms with Crippen molar-refractivity contribution < 1.29 is 4.79 Å². The van der Waals surface area contributed by atoms with Crippen LogP contribution < -0.4 is 5.32 Å². The summed E-state index contributed by atoms with van der Waals surface area (Å²) in [5.74, 6) is 0.239. The van der Waals surface area contributed by atoms with E-state index in [1.54, 1.807) is 23.6 Å². The van der Waals surface area contributed by atoms with Gasteiger partial charge in [-0.25, -0.2) is 4.98 Å². The van der Waals surface area contributed by atoms with Crippen molar-refractivity contribution in [3.8, 4) is 11.9 Å². The molecule has 4 rings (SSSR count). The fraction of sp³-hybridized carbons (Fsp3) is 0.250. The molecule has 1 aliphatic rings. The van der Waals surface area contributed by atoms with E-state index < -0.39 is 0 Å². The van der Waals surface area contributed by atoms with E-state index in [4.69, 9.17) is 5.26 Å². The second-order valence-electron chi connectivity index (χ2n) is 5.83. The number of carbonyl (C=O) groups excluding carboxylic acids is 1. The molecule has 120 valence electrons. The van der Waals surface area contributed by atoms with Crippen LogP contribution in [0.1, 0.15) is 6.42 Å². The molecule has 2 aromatic heterocycles. The summed E-state index contributed by atoms with van der Waals surface area (Å²) >= 11 is 0. The SMILES string of the molecule is N#CN1CCC(C(=O)Nc2cn(-c3ccc4[nH]ncc4c3)cn2)C1. The van der Waals surface area contributed by atoms with Gasteiger partial charge in [0.15, 0.2) is 12.0 Å². The molecule has 8 heteroatoms. The average Bonchev–Trinajstić information content (AvgIpc) is 3.33. The van der Waals surface area contributed by atoms with Crippen molar-refractivity contribution in [2.75, 3.05) is 18.4 Å². The zero-order chi connectivity index (χ0) is 16.5. The molecule has 1 amide bonds. The first-order valence-corrected chi connectivity index (χ1v) is 7.66. The van der Waals surface area contributed by atoms with E-state index in [0.29, 0.717) is 25.3 Å². The molecule has 2 N–H and O–H groups in total. The lowest BCUT2D eigenvalue weighted by molar-refractivity contribution is -0.119. The topological polar surface area (TPSA) is 103 Å². The predicted molar refractivity (Wildman–Crippen MR) is 87.1 cm³/mol. The van der Waals surface area contributed by atoms with Crippen molar-refractivity contribution in [2.24, 2.45) is 5.92 Å². The van der Waals surface area contributed by atoms with Crippen LogP contribution in [0, 0.1) is 17.4 Å². The quantitative estimate of drug-likeness (QED) is 0.712. The van der Waals surface area contributed by atoms with Gasteiger partial charge in [0, 0.05) is 24.2 Å². The smallest absolute Gasteiger partial charge is 0.230 e. The highest BCUT2D eigenvalue weighted by atomic mass is 16.2. The summed E-state index contributed by atoms with van der Waals surface area (Å²) in [6.07, 6.45) is 7.97. The Kier molecular flexibility index (Phi) is 3.39. The molecule has 1 unspecified atom stereocenters. The first-order valence-electron chi connectivity index (χ1n) is 7.66. The molecule has 24 heavy (non-hydrogen) atoms. The fourth-order valence-electron chi connectivity index (χ4n) is 2.91. The number of aromatic amines is 1. The molecule has 1 saturated heterocycles. The van der Waals surface area contributed by atoms with Gasteiger partial charge in [-0.1, -0.05) is 0 Å². The minimum absolute atomic E-state index is 0.0942. The fourth-order valence-corrected chi connectivity index (χ4v) is 2.91. The highest BCUT2D eigenvalue weighted by Crippen LogP contribution is 2.20. The lowest BCUT2D eigenvalue weighted by atomic mass is 10.1. The van der Waals surface area contributed by atoms with Crippen LogP contribution in [0.2, 0.25) is 0 Å². The first kappa shape index (κ1) is 14.3. The molecule has 8 nitrogen and oxygen atoms in total. The van der Waals surface area contributed by atoms with Gasteiger partial charge in [-0.15, -0.1) is 0 Å². The molecular weight excluding hydrogens is 306 g/mol. The minimum atomic E-state index is -0.169. The van der Waals surface area contributed by atoms with Crippen LogP contribution >= 0.6 is 0 Å². The number of amides is 1. The van der Waals surface area contributed by atoms with E-state index in [0.717, 1.165) is 16.6 Å². The Morgan fingerprint density at radius 1 is 1.46 bits per heavy atom. The number of imidazole rings is 1. The number of benzene rings is 1. The number of hydrogen-bond acceptors (Lipinski definition) is 5. The second kappa shape index (κ2) is 5.70. The number of H-pyrrole nitrogens is 1. The van der Waals surface area contributed by atoms with Gasteiger partial charge in [-0.2, -0.15) is 10.4 Å². The molecule has 0 bridgehead atoms. The standard InChI is InChI=1S/C16H15N7O/c17-9-22-4-3-11(7-22)16(24)20-15-8-23(10-18-15)13-1-2-14-12(5-13)6-19-21-14/h1-2,5-6,8,10-11H,3-4,7H2,(H,19,21)(H,20,24). The zero-order valence-corrected chi connectivity index (χ0v) is 12.8. The Hall–Kier alpha value is -3.34. The molecule has 0 radical (unpaired) electrons. The maximum absolute atomic E-state index is 12.3. The number of nitriles is 1. The number of nitrogens with zero attached hydrogens (tertiary/aromatic N) is 5. The molecule has 0 spiro atoms. The third kappa shape index (κ3) is 2.56. The minimum Gasteiger partial charge on any atom is -0.310 e. The predicted octanol–water partition coefficient (Wildman–Crippen LogP) is 1.49. The van der Waals surface area contributed by atoms with Crippen LogP contribution in [0.15, 0.2) is 36.9 Å². The maximum atomic E-state index is 12.3. The summed E-state index contributed by atoms with van der Waals surface area (Å²) < 4.78 is 1.85. The van der Waals surface area contributed by atoms with Crippen molar-refractivity contribution in [1.29, 1.82) is 5.26 Å². The Labute approximate surface area is 137 Å². The van der Waals surface area contributed by atoms with Crippen molar-refractivity contribution >= 4 is 22.6 Å². The summed E-state index contributed by atoms with van der Waals surface area (Å²) in [6, 6.07) is 5.90. The lowest BCUT2D eigenvalue weighted by Gasteiger charge is -2.08. The van der Waals surface area contributed by atoms with Gasteiger partial charge in [-0.05, 0) is 24.6 Å². The van der Waals surface area contributed by atoms with Gasteiger partial charge in [0.05, 0.1) is 23.8 Å². The Bertz CT molecular complexity index is 935. The van der Waals surface area contributed by atoms with Gasteiger partial charge in [0.25, 0.3) is 0 Å². The summed E-state index contributed by atoms with van der Waals surface area (Å²) in [4.78, 5) is 18.1. The normalized spacial score (nSPS) is 17.1. The number of hydrogen-bond donors (Lipinski definition) is 2. The van der Waals surface area contributed by atoms with Crippen molar-refractivity contribution in [3.05, 3.63) is 36.9 Å². The largest absolute Gasteiger partial charge is 0.310 e. The van der Waals surface area contributed by atoms with Crippen LogP contribution in [0.25, 0.3) is 16.6 Å². The van der Waals surface area contributed by atoms with Crippen LogP contribution in [-0.2, 0) is 4.79 Å². The Morgan fingerprint density at radius 2 is 2.38 bits per heavy atom. The van der Waals surface area contributed by atoms with Crippen LogP contribution in [0.5, 0.6) is 0 Å². The first-order chi connectivity index (χ1) is 11.7. The molecule has 1 atom stereocenters. The van der Waals surface area contributed by atoms with E-state index in [1.165, 1.54) is 0 Å². The molecule has 0 aliphatic carbocycles. The van der Waals surface area contributed by atoms with Gasteiger partial charge in [-0.3, -0.25) is 9.89 Å². The maximum Gasteiger partial charge on any atom is 0.230 e. The Balaban J connectivity index is 1.48. The zero-order valence-electron chi connectivity index (χ0n) is 12.8. The van der Waals surface area contributed by atoms with E-state index in [2.05, 4.69) is 26.7 Å². The van der Waals surface area contributed by atoms with Crippen molar-refractivity contribution in [1.82, 2.24) is 24.6 Å². The highest BCUT2D eigenvalue weighted by molar-refractivity contribution is 5.92. The summed E-state index contributed by atoms with van der Waals surface area (Å²) in [5, 5.41) is 19.6.